The molecule has 0 saturated heterocycles. The third-order valence-corrected chi connectivity index (χ3v) is 4.72. The zero-order valence-electron chi connectivity index (χ0n) is 13.1. The maximum absolute atomic E-state index is 6.15. The number of hydrogen-bond donors (Lipinski definition) is 1. The van der Waals surface area contributed by atoms with Crippen molar-refractivity contribution in [2.24, 2.45) is 4.99 Å². The lowest BCUT2D eigenvalue weighted by Crippen LogP contribution is -2.34. The zero-order chi connectivity index (χ0) is 16.4. The van der Waals surface area contributed by atoms with Gasteiger partial charge in [-0.05, 0) is 35.7 Å². The van der Waals surface area contributed by atoms with Gasteiger partial charge in [0.1, 0.15) is 17.3 Å². The van der Waals surface area contributed by atoms with Crippen molar-refractivity contribution in [3.8, 4) is 11.5 Å². The third kappa shape index (κ3) is 2.86. The minimum Gasteiger partial charge on any atom is -0.497 e. The van der Waals surface area contributed by atoms with Gasteiger partial charge in [-0.15, -0.1) is 11.3 Å². The Kier molecular flexibility index (Phi) is 3.92. The van der Waals surface area contributed by atoms with Crippen LogP contribution in [0.15, 0.2) is 71.0 Å². The highest BCUT2D eigenvalue weighted by Gasteiger charge is 2.25. The van der Waals surface area contributed by atoms with Crippen LogP contribution in [-0.4, -0.2) is 12.9 Å². The summed E-state index contributed by atoms with van der Waals surface area (Å²) in [6, 6.07) is 19.7. The van der Waals surface area contributed by atoms with Gasteiger partial charge in [0.15, 0.2) is 0 Å². The van der Waals surface area contributed by atoms with Crippen molar-refractivity contribution in [3.05, 3.63) is 76.5 Å². The van der Waals surface area contributed by atoms with Gasteiger partial charge >= 0.3 is 0 Å². The Labute approximate surface area is 144 Å². The van der Waals surface area contributed by atoms with Gasteiger partial charge in [0.25, 0.3) is 0 Å². The molecule has 2 aromatic carbocycles. The standard InChI is InChI=1S/C19H16N2O2S/c1-22-14-7-9-15(10-8-14)23-19-17-16(11-12-24-17)20-18(21-19)13-5-3-2-4-6-13/h2-12,19H,1H3,(H,20,21). The van der Waals surface area contributed by atoms with Gasteiger partial charge in [-0.25, -0.2) is 4.99 Å². The molecule has 4 nitrogen and oxygen atoms in total. The van der Waals surface area contributed by atoms with Crippen molar-refractivity contribution in [3.63, 3.8) is 0 Å². The smallest absolute Gasteiger partial charge is 0.208 e. The van der Waals surface area contributed by atoms with Gasteiger partial charge in [-0.1, -0.05) is 30.3 Å². The van der Waals surface area contributed by atoms with Crippen molar-refractivity contribution >= 4 is 22.9 Å². The van der Waals surface area contributed by atoms with Crippen LogP contribution in [0.4, 0.5) is 5.69 Å². The summed E-state index contributed by atoms with van der Waals surface area (Å²) in [4.78, 5) is 5.79. The molecule has 0 fully saturated rings. The molecule has 1 aliphatic rings. The summed E-state index contributed by atoms with van der Waals surface area (Å²) < 4.78 is 11.3. The number of nitrogens with zero attached hydrogens (tertiary/aromatic N) is 1. The van der Waals surface area contributed by atoms with Crippen LogP contribution in [0, 0.1) is 0 Å². The second-order valence-corrected chi connectivity index (χ2v) is 6.26. The van der Waals surface area contributed by atoms with E-state index in [4.69, 9.17) is 14.5 Å². The van der Waals surface area contributed by atoms with Crippen LogP contribution in [0.25, 0.3) is 0 Å². The average molecular weight is 336 g/mol. The molecular weight excluding hydrogens is 320 g/mol. The first-order chi connectivity index (χ1) is 11.8. The van der Waals surface area contributed by atoms with Crippen LogP contribution in [-0.2, 0) is 0 Å². The summed E-state index contributed by atoms with van der Waals surface area (Å²) >= 11 is 1.64. The quantitative estimate of drug-likeness (QED) is 0.762. The van der Waals surface area contributed by atoms with Gasteiger partial charge in [0.05, 0.1) is 17.7 Å². The number of amidine groups is 1. The Morgan fingerprint density at radius 1 is 0.958 bits per heavy atom. The van der Waals surface area contributed by atoms with Crippen LogP contribution in [0.2, 0.25) is 0 Å². The van der Waals surface area contributed by atoms with E-state index >= 15 is 0 Å². The molecule has 0 aliphatic carbocycles. The molecule has 1 atom stereocenters. The maximum atomic E-state index is 6.15. The highest BCUT2D eigenvalue weighted by molar-refractivity contribution is 7.10. The predicted octanol–water partition coefficient (Wildman–Crippen LogP) is 4.52. The molecule has 1 unspecified atom stereocenters. The Balaban J connectivity index is 1.63. The second kappa shape index (κ2) is 6.37. The topological polar surface area (TPSA) is 42.9 Å². The molecule has 120 valence electrons. The number of thiophene rings is 1. The number of benzene rings is 2. The lowest BCUT2D eigenvalue weighted by molar-refractivity contribution is 0.193. The average Bonchev–Trinajstić information content (AvgIpc) is 3.12. The van der Waals surface area contributed by atoms with E-state index < -0.39 is 0 Å². The summed E-state index contributed by atoms with van der Waals surface area (Å²) in [7, 11) is 1.65. The first-order valence-electron chi connectivity index (χ1n) is 7.62. The first-order valence-corrected chi connectivity index (χ1v) is 8.50. The fourth-order valence-electron chi connectivity index (χ4n) is 2.56. The van der Waals surface area contributed by atoms with Gasteiger partial charge in [-0.3, -0.25) is 0 Å². The molecule has 3 aromatic rings. The number of aliphatic imine (C=N–C) groups is 1. The molecule has 1 aromatic heterocycles. The van der Waals surface area contributed by atoms with E-state index in [9.17, 15) is 0 Å². The summed E-state index contributed by atoms with van der Waals surface area (Å²) in [6.07, 6.45) is -0.263. The molecular formula is C19H16N2O2S. The van der Waals surface area contributed by atoms with Gasteiger partial charge in [0.2, 0.25) is 6.23 Å². The summed E-state index contributed by atoms with van der Waals surface area (Å²) in [5, 5.41) is 5.43. The Morgan fingerprint density at radius 2 is 1.71 bits per heavy atom. The van der Waals surface area contributed by atoms with Crippen LogP contribution in [0.3, 0.4) is 0 Å². The molecule has 4 rings (SSSR count). The van der Waals surface area contributed by atoms with Crippen molar-refractivity contribution in [1.29, 1.82) is 0 Å². The highest BCUT2D eigenvalue weighted by Crippen LogP contribution is 2.36. The Bertz CT molecular complexity index is 857. The van der Waals surface area contributed by atoms with Gasteiger partial charge in [-0.2, -0.15) is 0 Å². The summed E-state index contributed by atoms with van der Waals surface area (Å²) in [5.74, 6) is 2.41. The van der Waals surface area contributed by atoms with Crippen molar-refractivity contribution in [1.82, 2.24) is 5.32 Å². The minimum absolute atomic E-state index is 0.263. The normalized spacial score (nSPS) is 15.9. The summed E-state index contributed by atoms with van der Waals surface area (Å²) in [6.45, 7) is 0. The number of nitrogens with one attached hydrogen (secondary N) is 1. The van der Waals surface area contributed by atoms with E-state index in [1.54, 1.807) is 18.4 Å². The summed E-state index contributed by atoms with van der Waals surface area (Å²) in [5.41, 5.74) is 1.99. The van der Waals surface area contributed by atoms with Crippen LogP contribution in [0.5, 0.6) is 11.5 Å². The Hall–Kier alpha value is -2.79. The van der Waals surface area contributed by atoms with Crippen molar-refractivity contribution < 1.29 is 9.47 Å². The van der Waals surface area contributed by atoms with E-state index in [0.29, 0.717) is 0 Å². The number of ether oxygens (including phenoxy) is 2. The molecule has 0 radical (unpaired) electrons. The number of methoxy groups -OCH3 is 1. The minimum atomic E-state index is -0.263. The molecule has 0 bridgehead atoms. The predicted molar refractivity (Wildman–Crippen MR) is 96.5 cm³/mol. The number of fused-ring (bicyclic) bond motifs is 1. The molecule has 0 amide bonds. The van der Waals surface area contributed by atoms with E-state index in [2.05, 4.69) is 5.32 Å². The Morgan fingerprint density at radius 3 is 2.46 bits per heavy atom. The van der Waals surface area contributed by atoms with Crippen LogP contribution in [0.1, 0.15) is 16.7 Å². The SMILES string of the molecule is COc1ccc(OC2NC(c3ccccc3)=Nc3ccsc32)cc1. The molecule has 24 heavy (non-hydrogen) atoms. The highest BCUT2D eigenvalue weighted by atomic mass is 32.1. The largest absolute Gasteiger partial charge is 0.497 e. The van der Waals surface area contributed by atoms with Crippen molar-refractivity contribution in [2.45, 2.75) is 6.23 Å². The van der Waals surface area contributed by atoms with E-state index in [1.807, 2.05) is 66.0 Å². The zero-order valence-corrected chi connectivity index (χ0v) is 13.9. The lowest BCUT2D eigenvalue weighted by atomic mass is 10.1. The van der Waals surface area contributed by atoms with Crippen molar-refractivity contribution in [2.75, 3.05) is 7.11 Å². The first kappa shape index (κ1) is 14.8. The van der Waals surface area contributed by atoms with E-state index in [1.165, 1.54) is 0 Å². The number of hydrogen-bond acceptors (Lipinski definition) is 5. The molecule has 2 heterocycles. The number of rotatable bonds is 4. The van der Waals surface area contributed by atoms with Crippen LogP contribution >= 0.6 is 11.3 Å². The third-order valence-electron chi connectivity index (χ3n) is 3.77. The van der Waals surface area contributed by atoms with Crippen LogP contribution < -0.4 is 14.8 Å². The monoisotopic (exact) mass is 336 g/mol. The molecule has 1 aliphatic heterocycles. The molecule has 1 N–H and O–H groups in total. The fraction of sp³-hybridized carbons (Fsp3) is 0.105. The second-order valence-electron chi connectivity index (χ2n) is 5.31. The van der Waals surface area contributed by atoms with E-state index in [-0.39, 0.29) is 6.23 Å². The van der Waals surface area contributed by atoms with E-state index in [0.717, 1.165) is 33.5 Å². The molecule has 0 saturated carbocycles. The fourth-order valence-corrected chi connectivity index (χ4v) is 3.37. The van der Waals surface area contributed by atoms with Gasteiger partial charge < -0.3 is 14.8 Å². The maximum Gasteiger partial charge on any atom is 0.208 e. The van der Waals surface area contributed by atoms with Gasteiger partial charge in [0, 0.05) is 5.56 Å². The lowest BCUT2D eigenvalue weighted by Gasteiger charge is -2.25. The molecule has 0 spiro atoms. The molecule has 5 heteroatoms.